The highest BCUT2D eigenvalue weighted by molar-refractivity contribution is 7.98. The number of fused-ring (bicyclic) bond motifs is 1. The zero-order chi connectivity index (χ0) is 10.8. The normalized spacial score (nSPS) is 19.5. The number of rotatable bonds is 2. The van der Waals surface area contributed by atoms with Gasteiger partial charge in [0.2, 0.25) is 0 Å². The summed E-state index contributed by atoms with van der Waals surface area (Å²) in [5, 5.41) is 0. The standard InChI is InChI=1S/C11H15NO2S/c1-13-9-3-4-10(14-2)11-7(9)5-15-6-8(11)12/h3-4,8H,5-6,12H2,1-2H3. The molecule has 0 radical (unpaired) electrons. The van der Waals surface area contributed by atoms with Gasteiger partial charge in [0.1, 0.15) is 11.5 Å². The van der Waals surface area contributed by atoms with E-state index >= 15 is 0 Å². The highest BCUT2D eigenvalue weighted by Crippen LogP contribution is 2.41. The molecule has 0 saturated carbocycles. The predicted octanol–water partition coefficient (Wildman–Crippen LogP) is 1.95. The Labute approximate surface area is 93.9 Å². The maximum atomic E-state index is 6.09. The molecule has 1 aromatic rings. The second kappa shape index (κ2) is 4.33. The van der Waals surface area contributed by atoms with Crippen LogP contribution >= 0.6 is 11.8 Å². The van der Waals surface area contributed by atoms with Crippen molar-refractivity contribution in [1.82, 2.24) is 0 Å². The summed E-state index contributed by atoms with van der Waals surface area (Å²) < 4.78 is 10.7. The van der Waals surface area contributed by atoms with E-state index in [9.17, 15) is 0 Å². The Morgan fingerprint density at radius 1 is 1.27 bits per heavy atom. The lowest BCUT2D eigenvalue weighted by Crippen LogP contribution is -2.20. The Hall–Kier alpha value is -0.870. The molecule has 3 nitrogen and oxygen atoms in total. The average Bonchev–Trinajstić information content (AvgIpc) is 2.28. The van der Waals surface area contributed by atoms with Crippen molar-refractivity contribution in [2.45, 2.75) is 11.8 Å². The molecule has 1 unspecified atom stereocenters. The molecule has 0 bridgehead atoms. The van der Waals surface area contributed by atoms with Crippen molar-refractivity contribution in [2.24, 2.45) is 5.73 Å². The van der Waals surface area contributed by atoms with Crippen LogP contribution in [0.5, 0.6) is 11.5 Å². The lowest BCUT2D eigenvalue weighted by molar-refractivity contribution is 0.393. The van der Waals surface area contributed by atoms with Gasteiger partial charge >= 0.3 is 0 Å². The van der Waals surface area contributed by atoms with Crippen LogP contribution in [-0.4, -0.2) is 20.0 Å². The van der Waals surface area contributed by atoms with Crippen LogP contribution in [0.2, 0.25) is 0 Å². The topological polar surface area (TPSA) is 44.5 Å². The van der Waals surface area contributed by atoms with Gasteiger partial charge in [0.05, 0.1) is 14.2 Å². The minimum absolute atomic E-state index is 0.0452. The number of hydrogen-bond acceptors (Lipinski definition) is 4. The second-order valence-corrected chi connectivity index (χ2v) is 4.51. The van der Waals surface area contributed by atoms with E-state index in [1.807, 2.05) is 23.9 Å². The minimum atomic E-state index is 0.0452. The maximum Gasteiger partial charge on any atom is 0.124 e. The second-order valence-electron chi connectivity index (χ2n) is 3.48. The number of hydrogen-bond donors (Lipinski definition) is 1. The van der Waals surface area contributed by atoms with Crippen molar-refractivity contribution in [3.05, 3.63) is 23.3 Å². The van der Waals surface area contributed by atoms with E-state index in [0.717, 1.165) is 28.6 Å². The van der Waals surface area contributed by atoms with Crippen molar-refractivity contribution in [1.29, 1.82) is 0 Å². The van der Waals surface area contributed by atoms with E-state index in [1.165, 1.54) is 5.56 Å². The zero-order valence-electron chi connectivity index (χ0n) is 8.95. The summed E-state index contributed by atoms with van der Waals surface area (Å²) in [7, 11) is 3.36. The molecular formula is C11H15NO2S. The Balaban J connectivity index is 2.56. The highest BCUT2D eigenvalue weighted by Gasteiger charge is 2.24. The smallest absolute Gasteiger partial charge is 0.124 e. The van der Waals surface area contributed by atoms with E-state index in [-0.39, 0.29) is 6.04 Å². The van der Waals surface area contributed by atoms with Gasteiger partial charge in [0.15, 0.2) is 0 Å². The molecule has 15 heavy (non-hydrogen) atoms. The number of nitrogens with two attached hydrogens (primary N) is 1. The summed E-state index contributed by atoms with van der Waals surface area (Å²) in [6, 6.07) is 3.91. The van der Waals surface area contributed by atoms with Crippen molar-refractivity contribution >= 4 is 11.8 Å². The fourth-order valence-electron chi connectivity index (χ4n) is 1.92. The largest absolute Gasteiger partial charge is 0.496 e. The quantitative estimate of drug-likeness (QED) is 0.835. The van der Waals surface area contributed by atoms with Crippen LogP contribution in [-0.2, 0) is 5.75 Å². The van der Waals surface area contributed by atoms with E-state index in [0.29, 0.717) is 0 Å². The molecule has 2 rings (SSSR count). The first-order valence-electron chi connectivity index (χ1n) is 4.85. The van der Waals surface area contributed by atoms with Gasteiger partial charge in [-0.2, -0.15) is 11.8 Å². The van der Waals surface area contributed by atoms with Gasteiger partial charge in [0, 0.05) is 28.7 Å². The van der Waals surface area contributed by atoms with Crippen LogP contribution in [0.4, 0.5) is 0 Å². The molecule has 0 saturated heterocycles. The summed E-state index contributed by atoms with van der Waals surface area (Å²) >= 11 is 1.83. The molecule has 2 N–H and O–H groups in total. The molecule has 4 heteroatoms. The van der Waals surface area contributed by atoms with E-state index in [1.54, 1.807) is 14.2 Å². The van der Waals surface area contributed by atoms with Gasteiger partial charge in [-0.3, -0.25) is 0 Å². The lowest BCUT2D eigenvalue weighted by Gasteiger charge is -2.25. The first-order valence-corrected chi connectivity index (χ1v) is 6.00. The third-order valence-corrected chi connectivity index (χ3v) is 3.72. The van der Waals surface area contributed by atoms with Crippen molar-refractivity contribution < 1.29 is 9.47 Å². The van der Waals surface area contributed by atoms with Crippen LogP contribution in [0, 0.1) is 0 Å². The number of methoxy groups -OCH3 is 2. The maximum absolute atomic E-state index is 6.09. The number of ether oxygens (including phenoxy) is 2. The summed E-state index contributed by atoms with van der Waals surface area (Å²) in [4.78, 5) is 0. The van der Waals surface area contributed by atoms with Crippen LogP contribution < -0.4 is 15.2 Å². The highest BCUT2D eigenvalue weighted by atomic mass is 32.2. The predicted molar refractivity (Wildman–Crippen MR) is 62.6 cm³/mol. The van der Waals surface area contributed by atoms with Crippen molar-refractivity contribution in [2.75, 3.05) is 20.0 Å². The molecule has 0 amide bonds. The molecule has 1 atom stereocenters. The summed E-state index contributed by atoms with van der Waals surface area (Å²) in [5.74, 6) is 3.67. The Morgan fingerprint density at radius 3 is 2.60 bits per heavy atom. The van der Waals surface area contributed by atoms with E-state index in [2.05, 4.69) is 0 Å². The van der Waals surface area contributed by atoms with Crippen LogP contribution in [0.1, 0.15) is 17.2 Å². The molecule has 0 aromatic heterocycles. The molecular weight excluding hydrogens is 210 g/mol. The van der Waals surface area contributed by atoms with Crippen LogP contribution in [0.3, 0.4) is 0 Å². The Bertz CT molecular complexity index is 368. The van der Waals surface area contributed by atoms with Crippen LogP contribution in [0.25, 0.3) is 0 Å². The first-order chi connectivity index (χ1) is 7.27. The van der Waals surface area contributed by atoms with Crippen molar-refractivity contribution in [3.63, 3.8) is 0 Å². The fourth-order valence-corrected chi connectivity index (χ4v) is 2.96. The lowest BCUT2D eigenvalue weighted by atomic mass is 10.00. The molecule has 1 aliphatic heterocycles. The van der Waals surface area contributed by atoms with Gasteiger partial charge in [-0.15, -0.1) is 0 Å². The third kappa shape index (κ3) is 1.79. The SMILES string of the molecule is COc1ccc(OC)c2c1CSCC2N. The summed E-state index contributed by atoms with van der Waals surface area (Å²) in [6.07, 6.45) is 0. The number of thioether (sulfide) groups is 1. The van der Waals surface area contributed by atoms with Gasteiger partial charge in [-0.05, 0) is 12.1 Å². The molecule has 1 aromatic carbocycles. The molecule has 0 fully saturated rings. The van der Waals surface area contributed by atoms with Crippen LogP contribution in [0.15, 0.2) is 12.1 Å². The molecule has 0 spiro atoms. The monoisotopic (exact) mass is 225 g/mol. The molecule has 1 heterocycles. The summed E-state index contributed by atoms with van der Waals surface area (Å²) in [6.45, 7) is 0. The minimum Gasteiger partial charge on any atom is -0.496 e. The summed E-state index contributed by atoms with van der Waals surface area (Å²) in [5.41, 5.74) is 8.38. The Morgan fingerprint density at radius 2 is 1.93 bits per heavy atom. The van der Waals surface area contributed by atoms with Gasteiger partial charge in [0.25, 0.3) is 0 Å². The average molecular weight is 225 g/mol. The first kappa shape index (κ1) is 10.6. The van der Waals surface area contributed by atoms with Crippen molar-refractivity contribution in [3.8, 4) is 11.5 Å². The third-order valence-electron chi connectivity index (χ3n) is 2.63. The fraction of sp³-hybridized carbons (Fsp3) is 0.455. The Kier molecular flexibility index (Phi) is 3.07. The van der Waals surface area contributed by atoms with Gasteiger partial charge < -0.3 is 15.2 Å². The molecule has 0 aliphatic carbocycles. The molecule has 1 aliphatic rings. The van der Waals surface area contributed by atoms with Gasteiger partial charge in [-0.25, -0.2) is 0 Å². The van der Waals surface area contributed by atoms with E-state index < -0.39 is 0 Å². The van der Waals surface area contributed by atoms with Gasteiger partial charge in [-0.1, -0.05) is 0 Å². The molecule has 82 valence electrons. The number of benzene rings is 1. The zero-order valence-corrected chi connectivity index (χ0v) is 9.76. The van der Waals surface area contributed by atoms with E-state index in [4.69, 9.17) is 15.2 Å².